The lowest BCUT2D eigenvalue weighted by Crippen LogP contribution is -2.14. The average Bonchev–Trinajstić information content (AvgIpc) is 2.70. The molecule has 138 valence electrons. The van der Waals surface area contributed by atoms with Crippen molar-refractivity contribution in [3.05, 3.63) is 78.3 Å². The molecule has 4 aromatic rings. The van der Waals surface area contributed by atoms with Crippen molar-refractivity contribution in [2.45, 2.75) is 6.92 Å². The van der Waals surface area contributed by atoms with E-state index in [2.05, 4.69) is 20.3 Å². The number of carbonyl (C=O) groups is 1. The molecule has 0 saturated heterocycles. The molecule has 2 aromatic carbocycles. The minimum atomic E-state index is -0.344. The predicted octanol–water partition coefficient (Wildman–Crippen LogP) is 3.97. The zero-order valence-corrected chi connectivity index (χ0v) is 15.0. The molecular weight excluding hydrogens is 357 g/mol. The van der Waals surface area contributed by atoms with Crippen LogP contribution in [-0.4, -0.2) is 20.9 Å². The average molecular weight is 373 g/mol. The molecule has 7 heteroatoms. The lowest BCUT2D eigenvalue weighted by atomic mass is 9.99. The summed E-state index contributed by atoms with van der Waals surface area (Å²) in [4.78, 5) is 25.0. The molecule has 0 atom stereocenters. The van der Waals surface area contributed by atoms with Crippen molar-refractivity contribution in [1.29, 1.82) is 0 Å². The fourth-order valence-corrected chi connectivity index (χ4v) is 2.95. The molecule has 2 aromatic heterocycles. The molecule has 0 spiro atoms. The molecule has 0 radical (unpaired) electrons. The molecule has 0 unspecified atom stereocenters. The van der Waals surface area contributed by atoms with Gasteiger partial charge in [-0.05, 0) is 41.6 Å². The van der Waals surface area contributed by atoms with Crippen LogP contribution in [0, 0.1) is 12.7 Å². The topological polar surface area (TPSA) is 93.8 Å². The van der Waals surface area contributed by atoms with E-state index in [9.17, 15) is 9.18 Å². The highest BCUT2D eigenvalue weighted by atomic mass is 19.1. The van der Waals surface area contributed by atoms with E-state index in [1.807, 2.05) is 12.1 Å². The van der Waals surface area contributed by atoms with Gasteiger partial charge in [-0.15, -0.1) is 0 Å². The number of hydrogen-bond acceptors (Lipinski definition) is 5. The van der Waals surface area contributed by atoms with Crippen molar-refractivity contribution in [2.75, 3.05) is 11.1 Å². The normalized spacial score (nSPS) is 10.8. The number of amides is 1. The van der Waals surface area contributed by atoms with E-state index in [-0.39, 0.29) is 11.7 Å². The Labute approximate surface area is 160 Å². The van der Waals surface area contributed by atoms with Gasteiger partial charge in [0.05, 0.1) is 23.6 Å². The second kappa shape index (κ2) is 7.03. The van der Waals surface area contributed by atoms with Crippen LogP contribution in [0.2, 0.25) is 0 Å². The fraction of sp³-hybridized carbons (Fsp3) is 0.0476. The molecule has 0 fully saturated rings. The molecule has 28 heavy (non-hydrogen) atoms. The van der Waals surface area contributed by atoms with Gasteiger partial charge in [0.25, 0.3) is 5.91 Å². The predicted molar refractivity (Wildman–Crippen MR) is 106 cm³/mol. The number of nitrogen functional groups attached to an aromatic ring is 1. The van der Waals surface area contributed by atoms with Gasteiger partial charge in [-0.2, -0.15) is 0 Å². The maximum Gasteiger partial charge on any atom is 0.257 e. The Morgan fingerprint density at radius 2 is 1.71 bits per heavy atom. The van der Waals surface area contributed by atoms with Gasteiger partial charge in [-0.3, -0.25) is 4.79 Å². The summed E-state index contributed by atoms with van der Waals surface area (Å²) in [6, 6.07) is 11.7. The van der Waals surface area contributed by atoms with E-state index in [4.69, 9.17) is 5.73 Å². The first-order chi connectivity index (χ1) is 13.5. The number of aryl methyl sites for hydroxylation is 1. The lowest BCUT2D eigenvalue weighted by molar-refractivity contribution is 0.102. The van der Waals surface area contributed by atoms with Gasteiger partial charge >= 0.3 is 0 Å². The van der Waals surface area contributed by atoms with Crippen molar-refractivity contribution >= 4 is 28.2 Å². The summed E-state index contributed by atoms with van der Waals surface area (Å²) in [5.41, 5.74) is 8.39. The van der Waals surface area contributed by atoms with Crippen LogP contribution in [0.15, 0.2) is 61.1 Å². The van der Waals surface area contributed by atoms with Gasteiger partial charge in [0.15, 0.2) is 0 Å². The minimum absolute atomic E-state index is 0.295. The van der Waals surface area contributed by atoms with Gasteiger partial charge in [0, 0.05) is 11.6 Å². The molecule has 0 aliphatic heterocycles. The Balaban J connectivity index is 1.74. The lowest BCUT2D eigenvalue weighted by Gasteiger charge is -2.11. The third-order valence-corrected chi connectivity index (χ3v) is 4.36. The highest BCUT2D eigenvalue weighted by Crippen LogP contribution is 2.29. The Morgan fingerprint density at radius 3 is 2.46 bits per heavy atom. The molecule has 4 rings (SSSR count). The van der Waals surface area contributed by atoms with Gasteiger partial charge in [0.1, 0.15) is 17.5 Å². The molecule has 0 aliphatic rings. The third kappa shape index (κ3) is 3.37. The fourth-order valence-electron chi connectivity index (χ4n) is 2.95. The monoisotopic (exact) mass is 373 g/mol. The van der Waals surface area contributed by atoms with Gasteiger partial charge in [0.2, 0.25) is 0 Å². The number of nitrogens with two attached hydrogens (primary N) is 1. The Kier molecular flexibility index (Phi) is 4.41. The molecule has 3 N–H and O–H groups in total. The summed E-state index contributed by atoms with van der Waals surface area (Å²) in [6.07, 6.45) is 4.51. The minimum Gasteiger partial charge on any atom is -0.383 e. The van der Waals surface area contributed by atoms with Gasteiger partial charge < -0.3 is 11.1 Å². The van der Waals surface area contributed by atoms with Crippen LogP contribution >= 0.6 is 0 Å². The first-order valence-corrected chi connectivity index (χ1v) is 8.55. The maximum absolute atomic E-state index is 13.5. The van der Waals surface area contributed by atoms with Gasteiger partial charge in [-0.1, -0.05) is 24.3 Å². The number of nitrogens with one attached hydrogen (secondary N) is 1. The van der Waals surface area contributed by atoms with Gasteiger partial charge in [-0.25, -0.2) is 19.3 Å². The van der Waals surface area contributed by atoms with E-state index < -0.39 is 0 Å². The smallest absolute Gasteiger partial charge is 0.257 e. The molecule has 1 amide bonds. The molecular formula is C21H16FN5O. The number of anilines is 2. The highest BCUT2D eigenvalue weighted by molar-refractivity contribution is 6.14. The first kappa shape index (κ1) is 17.5. The number of fused-ring (bicyclic) bond motifs is 1. The van der Waals surface area contributed by atoms with Crippen LogP contribution in [-0.2, 0) is 0 Å². The molecule has 0 aliphatic carbocycles. The van der Waals surface area contributed by atoms with Crippen LogP contribution < -0.4 is 11.1 Å². The van der Waals surface area contributed by atoms with Crippen LogP contribution in [0.25, 0.3) is 21.9 Å². The van der Waals surface area contributed by atoms with Crippen molar-refractivity contribution in [1.82, 2.24) is 15.0 Å². The summed E-state index contributed by atoms with van der Waals surface area (Å²) >= 11 is 0. The van der Waals surface area contributed by atoms with Crippen molar-refractivity contribution in [3.63, 3.8) is 0 Å². The number of hydrogen-bond donors (Lipinski definition) is 2. The highest BCUT2D eigenvalue weighted by Gasteiger charge is 2.14. The Hall–Kier alpha value is -3.87. The second-order valence-electron chi connectivity index (χ2n) is 6.30. The van der Waals surface area contributed by atoms with Crippen LogP contribution in [0.5, 0.6) is 0 Å². The van der Waals surface area contributed by atoms with Crippen molar-refractivity contribution < 1.29 is 9.18 Å². The molecule has 0 bridgehead atoms. The number of nitrogens with zero attached hydrogens (tertiary/aromatic N) is 3. The van der Waals surface area contributed by atoms with Crippen LogP contribution in [0.4, 0.5) is 15.9 Å². The quantitative estimate of drug-likeness (QED) is 0.567. The maximum atomic E-state index is 13.5. The number of aromatic nitrogens is 3. The SMILES string of the molecule is Cc1ncc(NC(=O)c2cnc(N)c3cc(-c4cccc(F)c4)ccc23)cn1. The Morgan fingerprint density at radius 1 is 0.964 bits per heavy atom. The summed E-state index contributed by atoms with van der Waals surface area (Å²) < 4.78 is 13.5. The first-order valence-electron chi connectivity index (χ1n) is 8.55. The summed E-state index contributed by atoms with van der Waals surface area (Å²) in [7, 11) is 0. The zero-order chi connectivity index (χ0) is 19.7. The second-order valence-corrected chi connectivity index (χ2v) is 6.30. The summed E-state index contributed by atoms with van der Waals surface area (Å²) in [5, 5.41) is 4.03. The van der Waals surface area contributed by atoms with Crippen LogP contribution in [0.3, 0.4) is 0 Å². The number of rotatable bonds is 3. The van der Waals surface area contributed by atoms with E-state index in [1.54, 1.807) is 25.1 Å². The number of carbonyl (C=O) groups excluding carboxylic acids is 1. The summed E-state index contributed by atoms with van der Waals surface area (Å²) in [6.45, 7) is 1.76. The molecule has 2 heterocycles. The third-order valence-electron chi connectivity index (χ3n) is 4.36. The number of benzene rings is 2. The summed E-state index contributed by atoms with van der Waals surface area (Å²) in [5.74, 6) is 0.242. The standard InChI is InChI=1S/C21H16FN5O/c1-12-24-9-16(10-25-12)27-21(28)19-11-26-20(23)18-8-14(5-6-17(18)19)13-3-2-4-15(22)7-13/h2-11H,1H3,(H2,23,26)(H,27,28). The molecule has 0 saturated carbocycles. The van der Waals surface area contributed by atoms with E-state index in [0.29, 0.717) is 39.2 Å². The van der Waals surface area contributed by atoms with Crippen LogP contribution in [0.1, 0.15) is 16.2 Å². The Bertz CT molecular complexity index is 1190. The number of pyridine rings is 1. The number of halogens is 1. The molecule has 6 nitrogen and oxygen atoms in total. The van der Waals surface area contributed by atoms with E-state index >= 15 is 0 Å². The largest absolute Gasteiger partial charge is 0.383 e. The van der Waals surface area contributed by atoms with E-state index in [1.165, 1.54) is 30.7 Å². The van der Waals surface area contributed by atoms with Crippen molar-refractivity contribution in [2.24, 2.45) is 0 Å². The zero-order valence-electron chi connectivity index (χ0n) is 15.0. The van der Waals surface area contributed by atoms with Crippen molar-refractivity contribution in [3.8, 4) is 11.1 Å². The van der Waals surface area contributed by atoms with E-state index in [0.717, 1.165) is 5.56 Å².